The first kappa shape index (κ1) is 35.0. The third-order valence-electron chi connectivity index (χ3n) is 12.1. The normalized spacial score (nSPS) is 13.7. The van der Waals surface area contributed by atoms with E-state index in [1.807, 2.05) is 72.8 Å². The molecule has 1 aliphatic carbocycles. The van der Waals surface area contributed by atoms with Gasteiger partial charge in [0.25, 0.3) is 0 Å². The number of rotatable bonds is 5. The Morgan fingerprint density at radius 2 is 0.721 bits per heavy atom. The van der Waals surface area contributed by atoms with Crippen molar-refractivity contribution >= 4 is 34.1 Å². The number of ether oxygens (including phenoxy) is 2. The van der Waals surface area contributed by atoms with E-state index < -0.39 is 0 Å². The lowest BCUT2D eigenvalue weighted by Crippen LogP contribution is -2.15. The lowest BCUT2D eigenvalue weighted by molar-refractivity contribution is 0.477. The largest absolute Gasteiger partial charge is 0.453 e. The molecule has 3 heterocycles. The van der Waals surface area contributed by atoms with Gasteiger partial charge in [-0.3, -0.25) is 0 Å². The Hall–Kier alpha value is -8.03. The van der Waals surface area contributed by atoms with Gasteiger partial charge in [-0.25, -0.2) is 15.0 Å². The average Bonchev–Trinajstić information content (AvgIpc) is 3.55. The van der Waals surface area contributed by atoms with Gasteiger partial charge in [-0.15, -0.1) is 0 Å². The van der Waals surface area contributed by atoms with Gasteiger partial charge in [0.15, 0.2) is 40.5 Å². The maximum absolute atomic E-state index is 6.29. The van der Waals surface area contributed by atoms with Crippen LogP contribution in [0.5, 0.6) is 23.0 Å². The molecule has 12 rings (SSSR count). The van der Waals surface area contributed by atoms with Crippen molar-refractivity contribution in [3.8, 4) is 68.3 Å². The second-order valence-electron chi connectivity index (χ2n) is 16.1. The number of aromatic nitrogens is 3. The summed E-state index contributed by atoms with van der Waals surface area (Å²) in [6.45, 7) is 4.59. The van der Waals surface area contributed by atoms with E-state index in [1.54, 1.807) is 0 Å². The summed E-state index contributed by atoms with van der Waals surface area (Å²) in [6.07, 6.45) is 0. The molecule has 0 atom stereocenters. The molecule has 0 N–H and O–H groups in total. The van der Waals surface area contributed by atoms with E-state index in [4.69, 9.17) is 24.4 Å². The van der Waals surface area contributed by atoms with Gasteiger partial charge in [0, 0.05) is 33.5 Å². The van der Waals surface area contributed by atoms with E-state index in [-0.39, 0.29) is 5.41 Å². The third kappa shape index (κ3) is 5.62. The van der Waals surface area contributed by atoms with Gasteiger partial charge in [0.05, 0.1) is 22.7 Å². The summed E-state index contributed by atoms with van der Waals surface area (Å²) < 4.78 is 12.6. The van der Waals surface area contributed by atoms with Crippen LogP contribution in [-0.2, 0) is 5.41 Å². The van der Waals surface area contributed by atoms with E-state index in [0.29, 0.717) is 17.5 Å². The molecule has 8 aromatic carbocycles. The van der Waals surface area contributed by atoms with E-state index in [0.717, 1.165) is 73.8 Å². The summed E-state index contributed by atoms with van der Waals surface area (Å²) in [5.74, 6) is 5.05. The molecule has 7 nitrogen and oxygen atoms in total. The minimum Gasteiger partial charge on any atom is -0.453 e. The SMILES string of the molecule is CC1(C)c2ccccc2-c2ccc(-c3nc(-c4ccc(N5c6ccccc6Oc6ccccc65)cc4)nc(-c4ccc(N5c6ccccc6Oc6ccccc65)cc4)n3)cc21. The highest BCUT2D eigenvalue weighted by Gasteiger charge is 2.35. The van der Waals surface area contributed by atoms with Crippen LogP contribution < -0.4 is 19.3 Å². The smallest absolute Gasteiger partial charge is 0.164 e. The first-order chi connectivity index (χ1) is 30.0. The maximum Gasteiger partial charge on any atom is 0.164 e. The Labute approximate surface area is 353 Å². The minimum atomic E-state index is -0.167. The second-order valence-corrected chi connectivity index (χ2v) is 16.1. The summed E-state index contributed by atoms with van der Waals surface area (Å²) in [4.78, 5) is 20.0. The Morgan fingerprint density at radius 1 is 0.361 bits per heavy atom. The first-order valence-corrected chi connectivity index (χ1v) is 20.5. The van der Waals surface area contributed by atoms with Crippen LogP contribution in [0.25, 0.3) is 45.3 Å². The Kier molecular flexibility index (Phi) is 7.74. The lowest BCUT2D eigenvalue weighted by atomic mass is 9.82. The summed E-state index contributed by atoms with van der Waals surface area (Å²) in [6, 6.07) is 64.7. The molecule has 61 heavy (non-hydrogen) atoms. The summed E-state index contributed by atoms with van der Waals surface area (Å²) in [5.41, 5.74) is 13.6. The van der Waals surface area contributed by atoms with Gasteiger partial charge < -0.3 is 19.3 Å². The molecule has 9 aromatic rings. The van der Waals surface area contributed by atoms with Crippen LogP contribution in [0.4, 0.5) is 34.1 Å². The van der Waals surface area contributed by atoms with Gasteiger partial charge in [-0.2, -0.15) is 0 Å². The Bertz CT molecular complexity index is 2950. The van der Waals surface area contributed by atoms with Crippen molar-refractivity contribution in [1.29, 1.82) is 0 Å². The van der Waals surface area contributed by atoms with E-state index in [9.17, 15) is 0 Å². The lowest BCUT2D eigenvalue weighted by Gasteiger charge is -2.32. The van der Waals surface area contributed by atoms with Crippen molar-refractivity contribution in [1.82, 2.24) is 15.0 Å². The number of nitrogens with zero attached hydrogens (tertiary/aromatic N) is 5. The molecule has 0 unspecified atom stereocenters. The van der Waals surface area contributed by atoms with Crippen molar-refractivity contribution in [2.45, 2.75) is 19.3 Å². The number of hydrogen-bond acceptors (Lipinski definition) is 7. The van der Waals surface area contributed by atoms with Crippen molar-refractivity contribution < 1.29 is 9.47 Å². The third-order valence-corrected chi connectivity index (χ3v) is 12.1. The first-order valence-electron chi connectivity index (χ1n) is 20.5. The van der Waals surface area contributed by atoms with Crippen LogP contribution >= 0.6 is 0 Å². The van der Waals surface area contributed by atoms with Gasteiger partial charge in [-0.05, 0) is 125 Å². The van der Waals surface area contributed by atoms with E-state index in [1.165, 1.54) is 22.3 Å². The molecule has 1 aromatic heterocycles. The fraction of sp³-hybridized carbons (Fsp3) is 0.0556. The molecule has 0 amide bonds. The molecule has 0 bridgehead atoms. The predicted molar refractivity (Wildman–Crippen MR) is 243 cm³/mol. The predicted octanol–water partition coefficient (Wildman–Crippen LogP) is 14.3. The maximum atomic E-state index is 6.29. The number of fused-ring (bicyclic) bond motifs is 7. The van der Waals surface area contributed by atoms with Crippen molar-refractivity contribution in [2.24, 2.45) is 0 Å². The molecule has 0 fully saturated rings. The zero-order chi connectivity index (χ0) is 40.7. The van der Waals surface area contributed by atoms with E-state index >= 15 is 0 Å². The van der Waals surface area contributed by atoms with Crippen LogP contribution in [0.3, 0.4) is 0 Å². The Morgan fingerprint density at radius 3 is 1.18 bits per heavy atom. The molecule has 3 aliphatic rings. The molecular formula is C54H37N5O2. The number of anilines is 6. The second kappa shape index (κ2) is 13.5. The van der Waals surface area contributed by atoms with E-state index in [2.05, 4.69) is 139 Å². The van der Waals surface area contributed by atoms with Crippen LogP contribution in [-0.4, -0.2) is 15.0 Å². The number of para-hydroxylation sites is 8. The topological polar surface area (TPSA) is 63.6 Å². The van der Waals surface area contributed by atoms with Gasteiger partial charge >= 0.3 is 0 Å². The monoisotopic (exact) mass is 787 g/mol. The minimum absolute atomic E-state index is 0.167. The van der Waals surface area contributed by atoms with Gasteiger partial charge in [-0.1, -0.05) is 98.8 Å². The number of hydrogen-bond donors (Lipinski definition) is 0. The average molecular weight is 788 g/mol. The molecule has 0 saturated heterocycles. The van der Waals surface area contributed by atoms with Gasteiger partial charge in [0.2, 0.25) is 0 Å². The summed E-state index contributed by atoms with van der Waals surface area (Å²) >= 11 is 0. The van der Waals surface area contributed by atoms with Crippen LogP contribution in [0.2, 0.25) is 0 Å². The zero-order valence-electron chi connectivity index (χ0n) is 33.5. The molecule has 0 saturated carbocycles. The molecule has 2 aliphatic heterocycles. The van der Waals surface area contributed by atoms with Crippen molar-refractivity contribution in [3.05, 3.63) is 199 Å². The van der Waals surface area contributed by atoms with Crippen LogP contribution in [0, 0.1) is 0 Å². The van der Waals surface area contributed by atoms with Crippen molar-refractivity contribution in [3.63, 3.8) is 0 Å². The summed E-state index contributed by atoms with van der Waals surface area (Å²) in [5, 5.41) is 0. The van der Waals surface area contributed by atoms with Crippen molar-refractivity contribution in [2.75, 3.05) is 9.80 Å². The van der Waals surface area contributed by atoms with Crippen LogP contribution in [0.15, 0.2) is 188 Å². The van der Waals surface area contributed by atoms with Crippen LogP contribution in [0.1, 0.15) is 25.0 Å². The fourth-order valence-corrected chi connectivity index (χ4v) is 9.09. The Balaban J connectivity index is 0.967. The highest BCUT2D eigenvalue weighted by Crippen LogP contribution is 2.53. The molecular weight excluding hydrogens is 751 g/mol. The highest BCUT2D eigenvalue weighted by atomic mass is 16.5. The standard InChI is InChI=1S/C54H37N5O2/c1-54(2)41-14-4-3-13-39(41)40-32-27-36(33-42(40)54)53-56-51(34-23-28-37(29-24-34)58-43-15-5-9-19-47(43)60-48-20-10-6-16-44(48)58)55-52(57-53)35-25-30-38(31-26-35)59-45-17-7-11-21-49(45)61-50-22-12-8-18-46(50)59/h3-33H,1-2H3. The molecule has 7 heteroatoms. The highest BCUT2D eigenvalue weighted by molar-refractivity contribution is 5.89. The summed E-state index contributed by atoms with van der Waals surface area (Å²) in [7, 11) is 0. The molecule has 290 valence electrons. The molecule has 0 spiro atoms. The molecule has 0 radical (unpaired) electrons. The zero-order valence-corrected chi connectivity index (χ0v) is 33.5. The number of benzene rings is 8. The quantitative estimate of drug-likeness (QED) is 0.172. The fourth-order valence-electron chi connectivity index (χ4n) is 9.09. The van der Waals surface area contributed by atoms with Gasteiger partial charge in [0.1, 0.15) is 0 Å².